The van der Waals surface area contributed by atoms with E-state index in [-0.39, 0.29) is 12.3 Å². The molecule has 0 aliphatic carbocycles. The first kappa shape index (κ1) is 53.8. The molecule has 0 aromatic carbocycles. The molecule has 1 fully saturated rings. The molecule has 0 aromatic heterocycles. The fraction of sp³-hybridized carbons (Fsp3) is 0.925. The Bertz CT molecular complexity index is 1250. The van der Waals surface area contributed by atoms with E-state index in [1.807, 2.05) is 6.08 Å². The van der Waals surface area contributed by atoms with Gasteiger partial charge in [0, 0.05) is 6.42 Å². The molecular formula is C40H77NO14S2. The molecular weight excluding hydrogens is 783 g/mol. The van der Waals surface area contributed by atoms with E-state index in [0.717, 1.165) is 38.5 Å². The van der Waals surface area contributed by atoms with Crippen LogP contribution >= 0.6 is 0 Å². The second-order valence-corrected chi connectivity index (χ2v) is 17.6. The van der Waals surface area contributed by atoms with E-state index in [4.69, 9.17) is 14.0 Å². The minimum absolute atomic E-state index is 0.192. The first-order valence-electron chi connectivity index (χ1n) is 21.7. The van der Waals surface area contributed by atoms with Gasteiger partial charge < -0.3 is 30.1 Å². The monoisotopic (exact) mass is 859 g/mol. The largest absolute Gasteiger partial charge is 0.397 e. The van der Waals surface area contributed by atoms with E-state index in [0.29, 0.717) is 12.8 Å². The highest BCUT2D eigenvalue weighted by atomic mass is 32.3. The van der Waals surface area contributed by atoms with Crippen LogP contribution in [0.4, 0.5) is 0 Å². The maximum atomic E-state index is 13.0. The molecule has 1 aliphatic heterocycles. The van der Waals surface area contributed by atoms with Crippen molar-refractivity contribution < 1.29 is 63.9 Å². The normalized spacial score (nSPS) is 21.6. The van der Waals surface area contributed by atoms with Crippen LogP contribution in [0.2, 0.25) is 0 Å². The topological polar surface area (TPSA) is 235 Å². The third-order valence-corrected chi connectivity index (χ3v) is 11.2. The van der Waals surface area contributed by atoms with Crippen molar-refractivity contribution in [3.63, 3.8) is 0 Å². The lowest BCUT2D eigenvalue weighted by Gasteiger charge is -2.41. The van der Waals surface area contributed by atoms with Crippen molar-refractivity contribution >= 4 is 26.7 Å². The van der Waals surface area contributed by atoms with Crippen molar-refractivity contribution in [3.8, 4) is 0 Å². The van der Waals surface area contributed by atoms with Gasteiger partial charge in [0.25, 0.3) is 0 Å². The Morgan fingerprint density at radius 2 is 1.14 bits per heavy atom. The van der Waals surface area contributed by atoms with Crippen LogP contribution in [0.25, 0.3) is 0 Å². The van der Waals surface area contributed by atoms with Crippen LogP contribution in [0.15, 0.2) is 12.2 Å². The van der Waals surface area contributed by atoms with Gasteiger partial charge in [-0.25, -0.2) is 8.37 Å². The Morgan fingerprint density at radius 3 is 1.60 bits per heavy atom. The van der Waals surface area contributed by atoms with E-state index in [9.17, 15) is 41.5 Å². The molecule has 0 saturated carbocycles. The highest BCUT2D eigenvalue weighted by Gasteiger charge is 2.48. The van der Waals surface area contributed by atoms with Crippen molar-refractivity contribution in [3.05, 3.63) is 12.2 Å². The fourth-order valence-corrected chi connectivity index (χ4v) is 7.67. The lowest BCUT2D eigenvalue weighted by molar-refractivity contribution is -0.296. The van der Waals surface area contributed by atoms with Crippen molar-refractivity contribution in [1.29, 1.82) is 0 Å². The SMILES string of the molecule is CCCCCCCCCCCCC/C=C/[C@@H](O)[C@H](CO[C@H]1O[C@H](COS(=O)(=O)O)[C@H](O)[C@H](O)[C@H]1OS(=O)(=O)O)NC(=O)CCCCCCCCCCCCCCC. The number of hydrogen-bond donors (Lipinski definition) is 6. The zero-order chi connectivity index (χ0) is 42.4. The molecule has 1 saturated heterocycles. The summed E-state index contributed by atoms with van der Waals surface area (Å²) in [5, 5.41) is 34.9. The van der Waals surface area contributed by atoms with E-state index in [1.165, 1.54) is 115 Å². The van der Waals surface area contributed by atoms with Gasteiger partial charge in [0.15, 0.2) is 12.4 Å². The molecule has 1 amide bonds. The summed E-state index contributed by atoms with van der Waals surface area (Å²) in [6.07, 6.45) is 21.5. The predicted molar refractivity (Wildman–Crippen MR) is 219 cm³/mol. The van der Waals surface area contributed by atoms with Crippen molar-refractivity contribution in [2.24, 2.45) is 0 Å². The highest BCUT2D eigenvalue weighted by molar-refractivity contribution is 7.81. The number of carbonyl (C=O) groups excluding carboxylic acids is 1. The van der Waals surface area contributed by atoms with Gasteiger partial charge in [0.05, 0.1) is 25.4 Å². The van der Waals surface area contributed by atoms with Crippen LogP contribution in [0.3, 0.4) is 0 Å². The fourth-order valence-electron chi connectivity index (χ4n) is 6.88. The number of amides is 1. The molecule has 1 aliphatic rings. The molecule has 17 heteroatoms. The van der Waals surface area contributed by atoms with Gasteiger partial charge in [-0.15, -0.1) is 0 Å². The summed E-state index contributed by atoms with van der Waals surface area (Å²) in [5.74, 6) is -0.352. The van der Waals surface area contributed by atoms with E-state index < -0.39 is 76.9 Å². The first-order valence-corrected chi connectivity index (χ1v) is 24.5. The predicted octanol–water partition coefficient (Wildman–Crippen LogP) is 7.04. The van der Waals surface area contributed by atoms with Crippen LogP contribution in [0.1, 0.15) is 181 Å². The summed E-state index contributed by atoms with van der Waals surface area (Å²) in [6, 6.07) is -1.08. The molecule has 338 valence electrons. The summed E-state index contributed by atoms with van der Waals surface area (Å²) in [7, 11) is -10.2. The maximum absolute atomic E-state index is 13.0. The standard InChI is InChI=1S/C40H77NO14S2/c1-3-5-7-9-11-13-15-17-19-21-23-25-27-29-34(42)33(41-36(43)30-28-26-24-22-20-18-16-14-12-10-8-6-4-2)31-52-40-39(55-57(49,50)51)38(45)37(44)35(54-40)32-53-56(46,47)48/h27,29,33-35,37-40,42,44-45H,3-26,28,30-32H2,1-2H3,(H,41,43)(H,46,47,48)(H,49,50,51)/b29-27+/t33-,34+,35+,37-,38-,39+,40-/m0/s1. The minimum Gasteiger partial charge on any atom is -0.387 e. The first-order chi connectivity index (χ1) is 27.2. The highest BCUT2D eigenvalue weighted by Crippen LogP contribution is 2.27. The number of aliphatic hydroxyl groups excluding tert-OH is 3. The number of carbonyl (C=O) groups is 1. The van der Waals surface area contributed by atoms with Gasteiger partial charge in [-0.2, -0.15) is 16.8 Å². The summed E-state index contributed by atoms with van der Waals surface area (Å²) in [5.41, 5.74) is 0. The van der Waals surface area contributed by atoms with Crippen LogP contribution < -0.4 is 5.32 Å². The Kier molecular flexibility index (Phi) is 30.7. The van der Waals surface area contributed by atoms with Gasteiger partial charge in [-0.05, 0) is 19.3 Å². The van der Waals surface area contributed by atoms with Gasteiger partial charge in [-0.1, -0.05) is 167 Å². The van der Waals surface area contributed by atoms with Crippen LogP contribution in [-0.2, 0) is 43.4 Å². The average Bonchev–Trinajstić information content (AvgIpc) is 3.15. The second kappa shape index (κ2) is 32.5. The Morgan fingerprint density at radius 1 is 0.684 bits per heavy atom. The number of unbranched alkanes of at least 4 members (excludes halogenated alkanes) is 23. The van der Waals surface area contributed by atoms with Gasteiger partial charge in [0.2, 0.25) is 5.91 Å². The van der Waals surface area contributed by atoms with Gasteiger partial charge in [0.1, 0.15) is 18.3 Å². The summed E-state index contributed by atoms with van der Waals surface area (Å²) >= 11 is 0. The second-order valence-electron chi connectivity index (χ2n) is 15.5. The Balaban J connectivity index is 2.76. The number of ether oxygens (including phenoxy) is 2. The Hall–Kier alpha value is -1.25. The maximum Gasteiger partial charge on any atom is 0.397 e. The van der Waals surface area contributed by atoms with Crippen LogP contribution in [-0.4, -0.2) is 103 Å². The zero-order valence-corrected chi connectivity index (χ0v) is 36.4. The average molecular weight is 860 g/mol. The number of nitrogens with one attached hydrogen (secondary N) is 1. The number of aliphatic hydroxyl groups is 3. The molecule has 0 bridgehead atoms. The molecule has 0 unspecified atom stereocenters. The third-order valence-electron chi connectivity index (χ3n) is 10.3. The smallest absolute Gasteiger partial charge is 0.387 e. The molecule has 57 heavy (non-hydrogen) atoms. The van der Waals surface area contributed by atoms with E-state index >= 15 is 0 Å². The molecule has 0 aromatic rings. The van der Waals surface area contributed by atoms with Crippen LogP contribution in [0.5, 0.6) is 0 Å². The molecule has 0 radical (unpaired) electrons. The van der Waals surface area contributed by atoms with Crippen molar-refractivity contribution in [2.75, 3.05) is 13.2 Å². The Labute approximate surface area is 344 Å². The number of hydrogen-bond acceptors (Lipinski definition) is 12. The quantitative estimate of drug-likeness (QED) is 0.0209. The zero-order valence-electron chi connectivity index (χ0n) is 34.7. The molecule has 15 nitrogen and oxygen atoms in total. The summed E-state index contributed by atoms with van der Waals surface area (Å²) < 4.78 is 83.6. The number of rotatable bonds is 37. The molecule has 6 N–H and O–H groups in total. The third kappa shape index (κ3) is 28.8. The number of allylic oxidation sites excluding steroid dienone is 1. The lowest BCUT2D eigenvalue weighted by Crippen LogP contribution is -2.61. The summed E-state index contributed by atoms with van der Waals surface area (Å²) in [4.78, 5) is 13.0. The van der Waals surface area contributed by atoms with E-state index in [1.54, 1.807) is 0 Å². The van der Waals surface area contributed by atoms with E-state index in [2.05, 4.69) is 27.5 Å². The molecule has 7 atom stereocenters. The molecule has 1 rings (SSSR count). The van der Waals surface area contributed by atoms with Gasteiger partial charge >= 0.3 is 20.8 Å². The van der Waals surface area contributed by atoms with Crippen molar-refractivity contribution in [2.45, 2.75) is 224 Å². The van der Waals surface area contributed by atoms with Crippen LogP contribution in [0, 0.1) is 0 Å². The lowest BCUT2D eigenvalue weighted by atomic mass is 9.99. The molecule has 0 spiro atoms. The molecule has 1 heterocycles. The summed E-state index contributed by atoms with van der Waals surface area (Å²) in [6.45, 7) is 2.92. The van der Waals surface area contributed by atoms with Gasteiger partial charge in [-0.3, -0.25) is 13.9 Å². The minimum atomic E-state index is -5.23. The van der Waals surface area contributed by atoms with Crippen molar-refractivity contribution in [1.82, 2.24) is 5.32 Å².